The van der Waals surface area contributed by atoms with Crippen molar-refractivity contribution in [1.29, 1.82) is 0 Å². The lowest BCUT2D eigenvalue weighted by Gasteiger charge is -2.02. The maximum absolute atomic E-state index is 4.30. The Morgan fingerprint density at radius 2 is 1.93 bits per heavy atom. The van der Waals surface area contributed by atoms with Crippen LogP contribution in [0, 0.1) is 0 Å². The zero-order chi connectivity index (χ0) is 10.5. The van der Waals surface area contributed by atoms with Crippen molar-refractivity contribution in [3.63, 3.8) is 0 Å². The number of nitrogens with one attached hydrogen (secondary N) is 1. The minimum atomic E-state index is 0.617. The second-order valence-electron chi connectivity index (χ2n) is 3.03. The van der Waals surface area contributed by atoms with Crippen LogP contribution in [0.15, 0.2) is 36.7 Å². The summed E-state index contributed by atoms with van der Waals surface area (Å²) in [4.78, 5) is 12.5. The average Bonchev–Trinajstić information content (AvgIpc) is 2.31. The number of aromatic nitrogens is 3. The fourth-order valence-electron chi connectivity index (χ4n) is 1.27. The minimum absolute atomic E-state index is 0.617. The predicted octanol–water partition coefficient (Wildman–Crippen LogP) is 1.97. The molecule has 2 aromatic rings. The minimum Gasteiger partial charge on any atom is -0.354 e. The molecule has 0 bridgehead atoms. The van der Waals surface area contributed by atoms with E-state index < -0.39 is 0 Å². The molecule has 0 aliphatic heterocycles. The van der Waals surface area contributed by atoms with Gasteiger partial charge in [-0.05, 0) is 6.92 Å². The third-order valence-electron chi connectivity index (χ3n) is 1.94. The number of rotatable bonds is 3. The molecule has 0 aliphatic carbocycles. The molecule has 4 heteroatoms. The Hall–Kier alpha value is -1.97. The topological polar surface area (TPSA) is 50.7 Å². The van der Waals surface area contributed by atoms with Crippen LogP contribution in [0.2, 0.25) is 0 Å². The standard InChI is InChI=1S/C11H12N4/c1-2-12-11-14-8-13-10(15-11)9-6-4-3-5-7-9/h3-8H,2H2,1H3,(H,12,13,14,15). The number of benzene rings is 1. The predicted molar refractivity (Wildman–Crippen MR) is 59.4 cm³/mol. The molecule has 76 valence electrons. The van der Waals surface area contributed by atoms with E-state index in [9.17, 15) is 0 Å². The van der Waals surface area contributed by atoms with Crippen LogP contribution in [-0.2, 0) is 0 Å². The molecular formula is C11H12N4. The van der Waals surface area contributed by atoms with Gasteiger partial charge in [0.1, 0.15) is 6.33 Å². The molecule has 1 aromatic heterocycles. The van der Waals surface area contributed by atoms with Gasteiger partial charge in [-0.25, -0.2) is 9.97 Å². The van der Waals surface area contributed by atoms with Crippen LogP contribution in [0.3, 0.4) is 0 Å². The second-order valence-corrected chi connectivity index (χ2v) is 3.03. The van der Waals surface area contributed by atoms with Crippen molar-refractivity contribution in [2.24, 2.45) is 0 Å². The van der Waals surface area contributed by atoms with Gasteiger partial charge in [0.2, 0.25) is 5.95 Å². The fourth-order valence-corrected chi connectivity index (χ4v) is 1.27. The van der Waals surface area contributed by atoms with E-state index in [0.717, 1.165) is 12.1 Å². The fraction of sp³-hybridized carbons (Fsp3) is 0.182. The quantitative estimate of drug-likeness (QED) is 0.823. The van der Waals surface area contributed by atoms with Crippen molar-refractivity contribution in [2.45, 2.75) is 6.92 Å². The first-order valence-corrected chi connectivity index (χ1v) is 4.88. The average molecular weight is 200 g/mol. The van der Waals surface area contributed by atoms with Crippen molar-refractivity contribution in [2.75, 3.05) is 11.9 Å². The molecule has 1 heterocycles. The third-order valence-corrected chi connectivity index (χ3v) is 1.94. The van der Waals surface area contributed by atoms with Crippen LogP contribution in [0.1, 0.15) is 6.92 Å². The van der Waals surface area contributed by atoms with Gasteiger partial charge in [-0.15, -0.1) is 0 Å². The Kier molecular flexibility index (Phi) is 2.88. The molecule has 1 N–H and O–H groups in total. The summed E-state index contributed by atoms with van der Waals surface area (Å²) in [5.41, 5.74) is 0.999. The Labute approximate surface area is 88.4 Å². The Balaban J connectivity index is 2.33. The molecule has 1 aromatic carbocycles. The van der Waals surface area contributed by atoms with E-state index >= 15 is 0 Å². The van der Waals surface area contributed by atoms with Crippen LogP contribution in [-0.4, -0.2) is 21.5 Å². The lowest BCUT2D eigenvalue weighted by atomic mass is 10.2. The van der Waals surface area contributed by atoms with E-state index in [-0.39, 0.29) is 0 Å². The van der Waals surface area contributed by atoms with Crippen molar-refractivity contribution < 1.29 is 0 Å². The number of anilines is 1. The summed E-state index contributed by atoms with van der Waals surface area (Å²) < 4.78 is 0. The Morgan fingerprint density at radius 3 is 2.67 bits per heavy atom. The molecular weight excluding hydrogens is 188 g/mol. The molecule has 4 nitrogen and oxygen atoms in total. The van der Waals surface area contributed by atoms with E-state index in [1.54, 1.807) is 0 Å². The lowest BCUT2D eigenvalue weighted by molar-refractivity contribution is 1.02. The van der Waals surface area contributed by atoms with Crippen LogP contribution >= 0.6 is 0 Å². The number of hydrogen-bond donors (Lipinski definition) is 1. The highest BCUT2D eigenvalue weighted by atomic mass is 15.1. The van der Waals surface area contributed by atoms with Crippen LogP contribution in [0.5, 0.6) is 0 Å². The molecule has 0 amide bonds. The van der Waals surface area contributed by atoms with E-state index in [1.165, 1.54) is 6.33 Å². The monoisotopic (exact) mass is 200 g/mol. The van der Waals surface area contributed by atoms with Gasteiger partial charge >= 0.3 is 0 Å². The van der Waals surface area contributed by atoms with E-state index in [1.807, 2.05) is 37.3 Å². The largest absolute Gasteiger partial charge is 0.354 e. The van der Waals surface area contributed by atoms with Gasteiger partial charge in [-0.2, -0.15) is 4.98 Å². The summed E-state index contributed by atoms with van der Waals surface area (Å²) in [5, 5.41) is 3.06. The van der Waals surface area contributed by atoms with Gasteiger partial charge in [0, 0.05) is 12.1 Å². The first kappa shape index (κ1) is 9.58. The van der Waals surface area contributed by atoms with Crippen molar-refractivity contribution >= 4 is 5.95 Å². The van der Waals surface area contributed by atoms with E-state index in [0.29, 0.717) is 11.8 Å². The SMILES string of the molecule is CCNc1ncnc(-c2ccccc2)n1. The van der Waals surface area contributed by atoms with Crippen molar-refractivity contribution in [1.82, 2.24) is 15.0 Å². The molecule has 15 heavy (non-hydrogen) atoms. The smallest absolute Gasteiger partial charge is 0.226 e. The summed E-state index contributed by atoms with van der Waals surface area (Å²) in [6, 6.07) is 9.85. The first-order valence-electron chi connectivity index (χ1n) is 4.88. The molecule has 0 fully saturated rings. The van der Waals surface area contributed by atoms with Gasteiger partial charge in [0.15, 0.2) is 5.82 Å². The second kappa shape index (κ2) is 4.50. The van der Waals surface area contributed by atoms with Gasteiger partial charge in [-0.1, -0.05) is 30.3 Å². The van der Waals surface area contributed by atoms with Gasteiger partial charge in [-0.3, -0.25) is 0 Å². The highest BCUT2D eigenvalue weighted by molar-refractivity contribution is 5.55. The Morgan fingerprint density at radius 1 is 1.13 bits per heavy atom. The maximum Gasteiger partial charge on any atom is 0.226 e. The number of hydrogen-bond acceptors (Lipinski definition) is 4. The summed E-state index contributed by atoms with van der Waals surface area (Å²) in [7, 11) is 0. The Bertz CT molecular complexity index is 428. The van der Waals surface area contributed by atoms with Crippen molar-refractivity contribution in [3.8, 4) is 11.4 Å². The molecule has 0 saturated carbocycles. The molecule has 0 aliphatic rings. The summed E-state index contributed by atoms with van der Waals surface area (Å²) in [5.74, 6) is 1.31. The van der Waals surface area contributed by atoms with E-state index in [2.05, 4.69) is 20.3 Å². The zero-order valence-electron chi connectivity index (χ0n) is 8.51. The summed E-state index contributed by atoms with van der Waals surface area (Å²) in [6.45, 7) is 2.81. The molecule has 0 atom stereocenters. The molecule has 0 spiro atoms. The molecule has 2 rings (SSSR count). The van der Waals surface area contributed by atoms with Crippen molar-refractivity contribution in [3.05, 3.63) is 36.7 Å². The lowest BCUT2D eigenvalue weighted by Crippen LogP contribution is -2.03. The molecule has 0 saturated heterocycles. The van der Waals surface area contributed by atoms with Gasteiger partial charge < -0.3 is 5.32 Å². The van der Waals surface area contributed by atoms with Gasteiger partial charge in [0.05, 0.1) is 0 Å². The summed E-state index contributed by atoms with van der Waals surface area (Å²) >= 11 is 0. The highest BCUT2D eigenvalue weighted by Crippen LogP contribution is 2.13. The third kappa shape index (κ3) is 2.28. The highest BCUT2D eigenvalue weighted by Gasteiger charge is 2.01. The van der Waals surface area contributed by atoms with E-state index in [4.69, 9.17) is 0 Å². The molecule has 0 radical (unpaired) electrons. The van der Waals surface area contributed by atoms with Gasteiger partial charge in [0.25, 0.3) is 0 Å². The van der Waals surface area contributed by atoms with Crippen LogP contribution < -0.4 is 5.32 Å². The first-order chi connectivity index (χ1) is 7.40. The normalized spacial score (nSPS) is 9.93. The number of nitrogens with zero attached hydrogens (tertiary/aromatic N) is 3. The molecule has 0 unspecified atom stereocenters. The maximum atomic E-state index is 4.30. The summed E-state index contributed by atoms with van der Waals surface area (Å²) in [6.07, 6.45) is 1.52. The van der Waals surface area contributed by atoms with Crippen LogP contribution in [0.25, 0.3) is 11.4 Å². The zero-order valence-corrected chi connectivity index (χ0v) is 8.51. The van der Waals surface area contributed by atoms with Crippen LogP contribution in [0.4, 0.5) is 5.95 Å².